The molecule has 0 aromatic carbocycles. The maximum Gasteiger partial charge on any atom is 0.0963 e. The maximum atomic E-state index is 7.58. The van der Waals surface area contributed by atoms with Crippen molar-refractivity contribution in [3.63, 3.8) is 0 Å². The van der Waals surface area contributed by atoms with E-state index >= 15 is 0 Å². The lowest BCUT2D eigenvalue weighted by molar-refractivity contribution is 0.0813. The summed E-state index contributed by atoms with van der Waals surface area (Å²) >= 11 is 0. The van der Waals surface area contributed by atoms with Crippen LogP contribution in [0, 0.1) is 10.8 Å². The number of hydrogen-bond donors (Lipinski definition) is 2. The van der Waals surface area contributed by atoms with E-state index in [1.807, 2.05) is 27.7 Å². The van der Waals surface area contributed by atoms with Crippen LogP contribution in [0.1, 0.15) is 40.5 Å². The highest BCUT2D eigenvalue weighted by Gasteiger charge is 2.21. The van der Waals surface area contributed by atoms with Crippen LogP contribution in [0.5, 0.6) is 0 Å². The fraction of sp³-hybridized carbons (Fsp3) is 0.933. The molecule has 0 rings (SSSR count). The Morgan fingerprint density at radius 2 is 1.55 bits per heavy atom. The van der Waals surface area contributed by atoms with Crippen molar-refractivity contribution in [1.82, 2.24) is 4.90 Å². The lowest BCUT2D eigenvalue weighted by atomic mass is 9.86. The third-order valence-electron chi connectivity index (χ3n) is 3.52. The molecular weight excluding hydrogens is 254 g/mol. The first-order valence-electron chi connectivity index (χ1n) is 7.66. The fourth-order valence-corrected chi connectivity index (χ4v) is 1.89. The number of hydrogen-bond acceptors (Lipinski definition) is 4. The van der Waals surface area contributed by atoms with E-state index in [4.69, 9.17) is 20.6 Å². The molecule has 0 spiro atoms. The van der Waals surface area contributed by atoms with E-state index in [2.05, 4.69) is 4.90 Å². The monoisotopic (exact) mass is 287 g/mol. The second-order valence-corrected chi connectivity index (χ2v) is 5.64. The van der Waals surface area contributed by atoms with Crippen LogP contribution in [-0.4, -0.2) is 56.8 Å². The van der Waals surface area contributed by atoms with Crippen LogP contribution in [-0.2, 0) is 9.47 Å². The van der Waals surface area contributed by atoms with Crippen molar-refractivity contribution in [2.24, 2.45) is 11.1 Å². The summed E-state index contributed by atoms with van der Waals surface area (Å²) in [6.07, 6.45) is 1.97. The molecule has 0 aliphatic carbocycles. The molecule has 0 radical (unpaired) electrons. The van der Waals surface area contributed by atoms with Crippen LogP contribution in [0.3, 0.4) is 0 Å². The Hall–Kier alpha value is -0.650. The average molecular weight is 287 g/mol. The van der Waals surface area contributed by atoms with Gasteiger partial charge in [-0.05, 0) is 33.2 Å². The summed E-state index contributed by atoms with van der Waals surface area (Å²) in [7, 11) is 0. The van der Waals surface area contributed by atoms with E-state index in [-0.39, 0.29) is 11.3 Å². The third kappa shape index (κ3) is 9.28. The fourth-order valence-electron chi connectivity index (χ4n) is 1.89. The molecule has 3 N–H and O–H groups in total. The number of nitrogens with two attached hydrogens (primary N) is 1. The Labute approximate surface area is 124 Å². The van der Waals surface area contributed by atoms with Crippen molar-refractivity contribution in [3.05, 3.63) is 0 Å². The first-order valence-corrected chi connectivity index (χ1v) is 7.66. The minimum atomic E-state index is -0.203. The van der Waals surface area contributed by atoms with Gasteiger partial charge >= 0.3 is 0 Å². The van der Waals surface area contributed by atoms with Gasteiger partial charge in [0.05, 0.1) is 19.0 Å². The van der Waals surface area contributed by atoms with E-state index in [1.54, 1.807) is 0 Å². The number of nitrogens with zero attached hydrogens (tertiary/aromatic N) is 1. The maximum absolute atomic E-state index is 7.58. The molecule has 0 aromatic rings. The number of rotatable bonds is 13. The zero-order valence-electron chi connectivity index (χ0n) is 13.7. The molecule has 0 unspecified atom stereocenters. The molecule has 0 heterocycles. The second-order valence-electron chi connectivity index (χ2n) is 5.64. The van der Waals surface area contributed by atoms with Gasteiger partial charge in [-0.1, -0.05) is 13.8 Å². The minimum absolute atomic E-state index is 0.203. The van der Waals surface area contributed by atoms with Crippen molar-refractivity contribution < 1.29 is 9.47 Å². The van der Waals surface area contributed by atoms with Crippen molar-refractivity contribution in [2.75, 3.05) is 46.1 Å². The summed E-state index contributed by atoms with van der Waals surface area (Å²) in [6, 6.07) is 0. The summed E-state index contributed by atoms with van der Waals surface area (Å²) in [4.78, 5) is 2.36. The summed E-state index contributed by atoms with van der Waals surface area (Å²) < 4.78 is 10.8. The van der Waals surface area contributed by atoms with Crippen molar-refractivity contribution in [2.45, 2.75) is 40.5 Å². The molecule has 0 aliphatic heterocycles. The molecule has 0 aromatic heterocycles. The molecule has 0 amide bonds. The Bertz CT molecular complexity index is 248. The Balaban J connectivity index is 4.03. The highest BCUT2D eigenvalue weighted by Crippen LogP contribution is 2.21. The first-order chi connectivity index (χ1) is 9.44. The molecule has 0 aliphatic rings. The van der Waals surface area contributed by atoms with E-state index < -0.39 is 0 Å². The molecule has 0 saturated heterocycles. The Kier molecular flexibility index (Phi) is 10.7. The highest BCUT2D eigenvalue weighted by molar-refractivity contribution is 5.82. The van der Waals surface area contributed by atoms with Gasteiger partial charge in [0, 0.05) is 31.7 Å². The van der Waals surface area contributed by atoms with Gasteiger partial charge < -0.3 is 15.2 Å². The van der Waals surface area contributed by atoms with E-state index in [0.717, 1.165) is 58.9 Å². The molecule has 0 atom stereocenters. The van der Waals surface area contributed by atoms with Gasteiger partial charge in [-0.3, -0.25) is 10.3 Å². The SMILES string of the molecule is CCOCCN(CCCC(C)(C)C(=N)N)CCOCC. The number of ether oxygens (including phenoxy) is 2. The molecule has 0 bridgehead atoms. The van der Waals surface area contributed by atoms with Gasteiger partial charge in [0.25, 0.3) is 0 Å². The van der Waals surface area contributed by atoms with Crippen LogP contribution in [0.15, 0.2) is 0 Å². The Morgan fingerprint density at radius 1 is 1.05 bits per heavy atom. The number of amidine groups is 1. The average Bonchev–Trinajstić information content (AvgIpc) is 2.38. The molecule has 20 heavy (non-hydrogen) atoms. The van der Waals surface area contributed by atoms with Gasteiger partial charge in [0.1, 0.15) is 0 Å². The molecule has 5 heteroatoms. The van der Waals surface area contributed by atoms with Crippen LogP contribution in [0.2, 0.25) is 0 Å². The summed E-state index contributed by atoms with van der Waals surface area (Å²) in [5.74, 6) is 0.271. The van der Waals surface area contributed by atoms with Gasteiger partial charge in [-0.25, -0.2) is 0 Å². The molecule has 0 saturated carbocycles. The van der Waals surface area contributed by atoms with E-state index in [9.17, 15) is 0 Å². The summed E-state index contributed by atoms with van der Waals surface area (Å²) in [6.45, 7) is 14.0. The topological polar surface area (TPSA) is 71.6 Å². The van der Waals surface area contributed by atoms with Crippen LogP contribution < -0.4 is 5.73 Å². The lowest BCUT2D eigenvalue weighted by Gasteiger charge is -2.26. The van der Waals surface area contributed by atoms with E-state index in [0.29, 0.717) is 0 Å². The van der Waals surface area contributed by atoms with Crippen LogP contribution in [0.25, 0.3) is 0 Å². The zero-order valence-corrected chi connectivity index (χ0v) is 13.7. The smallest absolute Gasteiger partial charge is 0.0963 e. The molecule has 5 nitrogen and oxygen atoms in total. The quantitative estimate of drug-likeness (QED) is 0.309. The van der Waals surface area contributed by atoms with Gasteiger partial charge in [0.2, 0.25) is 0 Å². The van der Waals surface area contributed by atoms with Crippen LogP contribution in [0.4, 0.5) is 0 Å². The Morgan fingerprint density at radius 3 is 1.95 bits per heavy atom. The van der Waals surface area contributed by atoms with Crippen molar-refractivity contribution >= 4 is 5.84 Å². The van der Waals surface area contributed by atoms with Crippen molar-refractivity contribution in [3.8, 4) is 0 Å². The molecule has 120 valence electrons. The predicted octanol–water partition coefficient (Wildman–Crippen LogP) is 2.10. The van der Waals surface area contributed by atoms with Gasteiger partial charge in [0.15, 0.2) is 0 Å². The van der Waals surface area contributed by atoms with Crippen molar-refractivity contribution in [1.29, 1.82) is 5.41 Å². The zero-order chi connectivity index (χ0) is 15.4. The van der Waals surface area contributed by atoms with Gasteiger partial charge in [-0.15, -0.1) is 0 Å². The molecular formula is C15H33N3O2. The predicted molar refractivity (Wildman–Crippen MR) is 84.4 cm³/mol. The third-order valence-corrected chi connectivity index (χ3v) is 3.52. The lowest BCUT2D eigenvalue weighted by Crippen LogP contribution is -2.35. The largest absolute Gasteiger partial charge is 0.387 e. The standard InChI is InChI=1S/C15H33N3O2/c1-5-19-12-10-18(11-13-20-6-2)9-7-8-15(3,4)14(16)17/h5-13H2,1-4H3,(H3,16,17). The second kappa shape index (κ2) is 11.1. The van der Waals surface area contributed by atoms with E-state index in [1.165, 1.54) is 0 Å². The summed E-state index contributed by atoms with van der Waals surface area (Å²) in [5.41, 5.74) is 5.41. The molecule has 0 fully saturated rings. The summed E-state index contributed by atoms with van der Waals surface area (Å²) in [5, 5.41) is 7.58. The first kappa shape index (κ1) is 19.4. The number of nitrogens with one attached hydrogen (secondary N) is 1. The van der Waals surface area contributed by atoms with Gasteiger partial charge in [-0.2, -0.15) is 0 Å². The van der Waals surface area contributed by atoms with Crippen LogP contribution >= 0.6 is 0 Å². The highest BCUT2D eigenvalue weighted by atomic mass is 16.5. The minimum Gasteiger partial charge on any atom is -0.387 e. The normalized spacial score (nSPS) is 12.1.